The quantitative estimate of drug-likeness (QED) is 0.125. The lowest BCUT2D eigenvalue weighted by Crippen LogP contribution is -2.08. The lowest BCUT2D eigenvalue weighted by molar-refractivity contribution is -0.141. The van der Waals surface area contributed by atoms with Gasteiger partial charge in [0, 0.05) is 13.3 Å². The van der Waals surface area contributed by atoms with Crippen molar-refractivity contribution < 1.29 is 19.4 Å². The molecule has 0 amide bonds. The van der Waals surface area contributed by atoms with Crippen LogP contribution < -0.4 is 0 Å². The predicted octanol–water partition coefficient (Wildman–Crippen LogP) is 9.33. The van der Waals surface area contributed by atoms with Crippen LogP contribution in [0.15, 0.2) is 49.6 Å². The Labute approximate surface area is 223 Å². The Morgan fingerprint density at radius 2 is 1.19 bits per heavy atom. The van der Waals surface area contributed by atoms with Gasteiger partial charge in [0.2, 0.25) is 0 Å². The number of carboxylic acids is 1. The van der Waals surface area contributed by atoms with Gasteiger partial charge in [0.05, 0.1) is 6.61 Å². The Bertz CT molecular complexity index is 593. The van der Waals surface area contributed by atoms with Crippen molar-refractivity contribution in [3.05, 3.63) is 49.6 Å². The minimum absolute atomic E-state index is 0.187. The van der Waals surface area contributed by atoms with Crippen molar-refractivity contribution in [1.29, 1.82) is 0 Å². The second-order valence-corrected chi connectivity index (χ2v) is 10.6. The average molecular weight is 505 g/mol. The fourth-order valence-corrected chi connectivity index (χ4v) is 4.18. The normalized spacial score (nSPS) is 13.8. The molecular formula is C32H56O4. The van der Waals surface area contributed by atoms with Crippen molar-refractivity contribution in [3.63, 3.8) is 0 Å². The van der Waals surface area contributed by atoms with E-state index in [1.165, 1.54) is 24.5 Å². The number of aliphatic carboxylic acids is 1. The molecule has 0 aromatic rings. The Morgan fingerprint density at radius 3 is 1.56 bits per heavy atom. The maximum absolute atomic E-state index is 10.7. The van der Waals surface area contributed by atoms with Crippen molar-refractivity contribution in [2.45, 2.75) is 112 Å². The predicted molar refractivity (Wildman–Crippen MR) is 155 cm³/mol. The summed E-state index contributed by atoms with van der Waals surface area (Å²) >= 11 is 0. The van der Waals surface area contributed by atoms with Gasteiger partial charge in [-0.05, 0) is 88.9 Å². The summed E-state index contributed by atoms with van der Waals surface area (Å²) < 4.78 is 4.96. The first kappa shape index (κ1) is 36.1. The lowest BCUT2D eigenvalue weighted by Gasteiger charge is -2.19. The number of carboxylic acid groups (broad SMARTS) is 1. The van der Waals surface area contributed by atoms with Crippen LogP contribution >= 0.6 is 0 Å². The van der Waals surface area contributed by atoms with Crippen LogP contribution in [-0.2, 0) is 14.3 Å². The fraction of sp³-hybridized carbons (Fsp3) is 0.688. The van der Waals surface area contributed by atoms with E-state index in [0.717, 1.165) is 64.2 Å². The van der Waals surface area contributed by atoms with Crippen LogP contribution in [-0.4, -0.2) is 23.7 Å². The third-order valence-electron chi connectivity index (χ3n) is 6.85. The van der Waals surface area contributed by atoms with Crippen LogP contribution in [0.4, 0.5) is 0 Å². The molecule has 4 nitrogen and oxygen atoms in total. The highest BCUT2D eigenvalue weighted by molar-refractivity contribution is 5.66. The first-order valence-electron chi connectivity index (χ1n) is 13.8. The highest BCUT2D eigenvalue weighted by Gasteiger charge is 2.12. The molecule has 0 saturated carbocycles. The van der Waals surface area contributed by atoms with Crippen molar-refractivity contribution in [2.75, 3.05) is 6.61 Å². The molecule has 0 aliphatic carbocycles. The minimum atomic E-state index is -0.687. The van der Waals surface area contributed by atoms with E-state index >= 15 is 0 Å². The molecule has 0 rings (SSSR count). The van der Waals surface area contributed by atoms with Crippen molar-refractivity contribution in [3.8, 4) is 0 Å². The van der Waals surface area contributed by atoms with Crippen molar-refractivity contribution in [2.24, 2.45) is 23.7 Å². The number of allylic oxidation sites excluding steroid dienone is 4. The summed E-state index contributed by atoms with van der Waals surface area (Å²) in [5, 5.41) is 8.59. The first-order chi connectivity index (χ1) is 16.9. The lowest BCUT2D eigenvalue weighted by atomic mass is 9.87. The average Bonchev–Trinajstić information content (AvgIpc) is 2.78. The van der Waals surface area contributed by atoms with Crippen molar-refractivity contribution >= 4 is 11.9 Å². The van der Waals surface area contributed by atoms with E-state index in [4.69, 9.17) is 9.84 Å². The monoisotopic (exact) mass is 504 g/mol. The molecule has 0 radical (unpaired) electrons. The van der Waals surface area contributed by atoms with Crippen LogP contribution in [0.1, 0.15) is 112 Å². The molecule has 4 atom stereocenters. The van der Waals surface area contributed by atoms with Gasteiger partial charge in [-0.25, -0.2) is 0 Å². The summed E-state index contributed by atoms with van der Waals surface area (Å²) in [6, 6.07) is 0. The number of ether oxygens (including phenoxy) is 1. The zero-order valence-electron chi connectivity index (χ0n) is 24.2. The van der Waals surface area contributed by atoms with Crippen LogP contribution in [0.2, 0.25) is 0 Å². The van der Waals surface area contributed by atoms with Crippen LogP contribution in [0.25, 0.3) is 0 Å². The number of hydrogen-bond donors (Lipinski definition) is 1. The second-order valence-electron chi connectivity index (χ2n) is 10.6. The van der Waals surface area contributed by atoms with E-state index in [-0.39, 0.29) is 5.97 Å². The van der Waals surface area contributed by atoms with Gasteiger partial charge < -0.3 is 9.84 Å². The van der Waals surface area contributed by atoms with Gasteiger partial charge in [-0.2, -0.15) is 0 Å². The smallest absolute Gasteiger partial charge is 0.303 e. The largest absolute Gasteiger partial charge is 0.481 e. The number of rotatable bonds is 21. The van der Waals surface area contributed by atoms with E-state index in [1.54, 1.807) is 0 Å². The number of hydrogen-bond acceptors (Lipinski definition) is 3. The number of carbonyl (C=O) groups is 2. The second kappa shape index (κ2) is 23.3. The van der Waals surface area contributed by atoms with Crippen LogP contribution in [0.5, 0.6) is 0 Å². The fourth-order valence-electron chi connectivity index (χ4n) is 4.18. The molecular weight excluding hydrogens is 448 g/mol. The summed E-state index contributed by atoms with van der Waals surface area (Å²) in [6.45, 7) is 26.3. The standard InChI is InChI=1S/2C16H28O2/c1-6-7-8-16(13(2)3)10-9-14(4)11-12-18-15(5)17;1-5-6-9-15(13(2)3)12-11-14(4)8-7-10-16(17)18/h6,14,16H,1-2,7-12H2,3-5H3;5,14-15H,1-2,6-12H2,3-4H3,(H,17,18)/t14-,16+;14-,15+/m00/s1. The Hall–Kier alpha value is -2.10. The highest BCUT2D eigenvalue weighted by atomic mass is 16.5. The summed E-state index contributed by atoms with van der Waals surface area (Å²) in [6.07, 6.45) is 16.0. The molecule has 0 saturated heterocycles. The summed E-state index contributed by atoms with van der Waals surface area (Å²) in [4.78, 5) is 21.1. The van der Waals surface area contributed by atoms with Crippen LogP contribution in [0.3, 0.4) is 0 Å². The van der Waals surface area contributed by atoms with Gasteiger partial charge in [0.1, 0.15) is 0 Å². The number of carbonyl (C=O) groups excluding carboxylic acids is 1. The molecule has 0 heterocycles. The van der Waals surface area contributed by atoms with Gasteiger partial charge in [-0.15, -0.1) is 13.2 Å². The topological polar surface area (TPSA) is 63.6 Å². The van der Waals surface area contributed by atoms with Gasteiger partial charge in [-0.1, -0.05) is 69.6 Å². The third-order valence-corrected chi connectivity index (χ3v) is 6.85. The Morgan fingerprint density at radius 1 is 0.750 bits per heavy atom. The molecule has 208 valence electrons. The van der Waals surface area contributed by atoms with E-state index in [0.29, 0.717) is 36.7 Å². The maximum atomic E-state index is 10.7. The van der Waals surface area contributed by atoms with Gasteiger partial charge in [-0.3, -0.25) is 9.59 Å². The highest BCUT2D eigenvalue weighted by Crippen LogP contribution is 2.26. The maximum Gasteiger partial charge on any atom is 0.303 e. The van der Waals surface area contributed by atoms with Gasteiger partial charge in [0.25, 0.3) is 0 Å². The van der Waals surface area contributed by atoms with E-state index < -0.39 is 5.97 Å². The molecule has 1 N–H and O–H groups in total. The van der Waals surface area contributed by atoms with Gasteiger partial charge in [0.15, 0.2) is 0 Å². The van der Waals surface area contributed by atoms with Crippen LogP contribution in [0, 0.1) is 23.7 Å². The van der Waals surface area contributed by atoms with Gasteiger partial charge >= 0.3 is 11.9 Å². The SMILES string of the molecule is C=CCC[C@H](CC[C@@H](C)CCCC(=O)O)C(=C)C.C=CCC[C@H](CC[C@H](C)CCOC(C)=O)C(=C)C. The minimum Gasteiger partial charge on any atom is -0.481 e. The zero-order valence-corrected chi connectivity index (χ0v) is 24.2. The zero-order chi connectivity index (χ0) is 27.9. The molecule has 0 unspecified atom stereocenters. The molecule has 0 spiro atoms. The Kier molecular flexibility index (Phi) is 23.3. The molecule has 36 heavy (non-hydrogen) atoms. The number of esters is 1. The molecule has 4 heteroatoms. The first-order valence-corrected chi connectivity index (χ1v) is 13.8. The Balaban J connectivity index is 0. The van der Waals surface area contributed by atoms with Crippen molar-refractivity contribution in [1.82, 2.24) is 0 Å². The van der Waals surface area contributed by atoms with E-state index in [2.05, 4.69) is 54.0 Å². The molecule has 0 aromatic heterocycles. The molecule has 0 fully saturated rings. The summed E-state index contributed by atoms with van der Waals surface area (Å²) in [5.74, 6) is 1.51. The molecule has 0 aliphatic rings. The molecule has 0 bridgehead atoms. The summed E-state index contributed by atoms with van der Waals surface area (Å²) in [7, 11) is 0. The molecule has 0 aromatic carbocycles. The molecule has 0 aliphatic heterocycles. The van der Waals surface area contributed by atoms with E-state index in [1.807, 2.05) is 12.2 Å². The summed E-state index contributed by atoms with van der Waals surface area (Å²) in [5.41, 5.74) is 2.53. The van der Waals surface area contributed by atoms with E-state index in [9.17, 15) is 9.59 Å². The third kappa shape index (κ3) is 23.6.